The van der Waals surface area contributed by atoms with Gasteiger partial charge in [0.1, 0.15) is 0 Å². The Kier molecular flexibility index (Phi) is 9.10. The Bertz CT molecular complexity index is 345. The molecule has 1 unspecified atom stereocenters. The Morgan fingerprint density at radius 1 is 1.05 bits per heavy atom. The molecule has 5 heteroatoms. The molecule has 0 spiro atoms. The molecule has 116 valence electrons. The molecule has 1 atom stereocenters. The molecule has 0 saturated carbocycles. The molecule has 0 aliphatic rings. The molecule has 1 aromatic heterocycles. The van der Waals surface area contributed by atoms with E-state index in [1.54, 1.807) is 4.68 Å². The van der Waals surface area contributed by atoms with Crippen molar-refractivity contribution in [3.05, 3.63) is 10.3 Å². The van der Waals surface area contributed by atoms with Gasteiger partial charge in [0.25, 0.3) is 0 Å². The molecule has 20 heavy (non-hydrogen) atoms. The van der Waals surface area contributed by atoms with Gasteiger partial charge in [-0.15, -0.1) is 5.10 Å². The fraction of sp³-hybridized carbons (Fsp3) is 0.867. The van der Waals surface area contributed by atoms with E-state index in [1.807, 2.05) is 7.05 Å². The highest BCUT2D eigenvalue weighted by Gasteiger charge is 2.15. The third-order valence-electron chi connectivity index (χ3n) is 3.80. The summed E-state index contributed by atoms with van der Waals surface area (Å²) in [6.07, 6.45) is 13.1. The largest absolute Gasteiger partial charge is 0.323 e. The summed E-state index contributed by atoms with van der Waals surface area (Å²) < 4.78 is 2.55. The first-order valence-electron chi connectivity index (χ1n) is 7.97. The Hall–Kier alpha value is -0.420. The first-order valence-corrected chi connectivity index (χ1v) is 8.76. The molecule has 4 nitrogen and oxygen atoms in total. The number of nitrogens with zero attached hydrogens (tertiary/aromatic N) is 3. The van der Waals surface area contributed by atoms with Gasteiger partial charge in [0.15, 0.2) is 4.60 Å². The number of aryl methyl sites for hydroxylation is 1. The molecule has 2 N–H and O–H groups in total. The summed E-state index contributed by atoms with van der Waals surface area (Å²) in [6, 6.07) is 0.0360. The van der Waals surface area contributed by atoms with Crippen molar-refractivity contribution in [1.82, 2.24) is 15.0 Å². The van der Waals surface area contributed by atoms with Crippen molar-refractivity contribution < 1.29 is 0 Å². The fourth-order valence-electron chi connectivity index (χ4n) is 2.54. The molecule has 0 aromatic carbocycles. The summed E-state index contributed by atoms with van der Waals surface area (Å²) in [6.45, 7) is 2.26. The molecule has 0 fully saturated rings. The van der Waals surface area contributed by atoms with Gasteiger partial charge >= 0.3 is 0 Å². The highest BCUT2D eigenvalue weighted by atomic mass is 79.9. The number of rotatable bonds is 11. The first kappa shape index (κ1) is 17.6. The first-order chi connectivity index (χ1) is 9.66. The van der Waals surface area contributed by atoms with Crippen LogP contribution >= 0.6 is 15.9 Å². The van der Waals surface area contributed by atoms with Crippen molar-refractivity contribution >= 4 is 15.9 Å². The van der Waals surface area contributed by atoms with Gasteiger partial charge in [-0.3, -0.25) is 0 Å². The molecule has 0 aliphatic carbocycles. The monoisotopic (exact) mass is 344 g/mol. The predicted molar refractivity (Wildman–Crippen MR) is 87.5 cm³/mol. The smallest absolute Gasteiger partial charge is 0.153 e. The Morgan fingerprint density at radius 2 is 1.60 bits per heavy atom. The van der Waals surface area contributed by atoms with Crippen LogP contribution in [-0.2, 0) is 7.05 Å². The second kappa shape index (κ2) is 10.3. The zero-order valence-corrected chi connectivity index (χ0v) is 14.5. The Balaban J connectivity index is 2.04. The van der Waals surface area contributed by atoms with Crippen LogP contribution in [0, 0.1) is 0 Å². The third kappa shape index (κ3) is 6.35. The van der Waals surface area contributed by atoms with Crippen LogP contribution in [0.25, 0.3) is 0 Å². The van der Waals surface area contributed by atoms with Gasteiger partial charge in [0.05, 0.1) is 5.69 Å². The van der Waals surface area contributed by atoms with E-state index >= 15 is 0 Å². The molecule has 0 radical (unpaired) electrons. The molecule has 1 rings (SSSR count). The predicted octanol–water partition coefficient (Wildman–Crippen LogP) is 4.50. The maximum Gasteiger partial charge on any atom is 0.153 e. The lowest BCUT2D eigenvalue weighted by atomic mass is 10.0. The fourth-order valence-corrected chi connectivity index (χ4v) is 3.17. The van der Waals surface area contributed by atoms with E-state index in [4.69, 9.17) is 5.73 Å². The Labute approximate surface area is 131 Å². The van der Waals surface area contributed by atoms with E-state index < -0.39 is 0 Å². The van der Waals surface area contributed by atoms with Gasteiger partial charge in [-0.05, 0) is 22.4 Å². The number of aromatic nitrogens is 3. The summed E-state index contributed by atoms with van der Waals surface area (Å²) in [5.41, 5.74) is 7.21. The van der Waals surface area contributed by atoms with Gasteiger partial charge in [0.2, 0.25) is 0 Å². The van der Waals surface area contributed by atoms with Gasteiger partial charge in [-0.2, -0.15) is 0 Å². The SMILES string of the molecule is CCCCCCCCCCCC(N)c1c(Br)nnn1C. The van der Waals surface area contributed by atoms with E-state index in [0.29, 0.717) is 0 Å². The van der Waals surface area contributed by atoms with Crippen molar-refractivity contribution in [2.75, 3.05) is 0 Å². The summed E-state index contributed by atoms with van der Waals surface area (Å²) in [7, 11) is 1.89. The molecule has 1 aromatic rings. The lowest BCUT2D eigenvalue weighted by Gasteiger charge is -2.11. The summed E-state index contributed by atoms with van der Waals surface area (Å²) >= 11 is 3.41. The lowest BCUT2D eigenvalue weighted by molar-refractivity contribution is 0.514. The molecule has 0 bridgehead atoms. The number of unbranched alkanes of at least 4 members (excludes halogenated alkanes) is 8. The van der Waals surface area contributed by atoms with Gasteiger partial charge in [0, 0.05) is 13.1 Å². The van der Waals surface area contributed by atoms with E-state index in [0.717, 1.165) is 16.7 Å². The molecule has 0 aliphatic heterocycles. The van der Waals surface area contributed by atoms with E-state index in [-0.39, 0.29) is 6.04 Å². The maximum atomic E-state index is 6.21. The van der Waals surface area contributed by atoms with Crippen LogP contribution in [0.15, 0.2) is 4.60 Å². The van der Waals surface area contributed by atoms with Crippen molar-refractivity contribution in [3.63, 3.8) is 0 Å². The van der Waals surface area contributed by atoms with Crippen LogP contribution in [0.1, 0.15) is 82.9 Å². The highest BCUT2D eigenvalue weighted by Crippen LogP contribution is 2.23. The topological polar surface area (TPSA) is 56.7 Å². The molecule has 0 saturated heterocycles. The zero-order chi connectivity index (χ0) is 14.8. The average Bonchev–Trinajstić information content (AvgIpc) is 2.76. The maximum absolute atomic E-state index is 6.21. The van der Waals surface area contributed by atoms with Crippen molar-refractivity contribution in [2.45, 2.75) is 77.2 Å². The normalized spacial score (nSPS) is 12.8. The zero-order valence-electron chi connectivity index (χ0n) is 12.9. The van der Waals surface area contributed by atoms with Gasteiger partial charge in [-0.1, -0.05) is 69.9 Å². The third-order valence-corrected chi connectivity index (χ3v) is 4.36. The van der Waals surface area contributed by atoms with Crippen LogP contribution in [-0.4, -0.2) is 15.0 Å². The average molecular weight is 345 g/mol. The molecular formula is C15H29BrN4. The number of nitrogens with two attached hydrogens (primary N) is 1. The van der Waals surface area contributed by atoms with Crippen LogP contribution in [0.4, 0.5) is 0 Å². The van der Waals surface area contributed by atoms with Crippen LogP contribution in [0.2, 0.25) is 0 Å². The quantitative estimate of drug-likeness (QED) is 0.601. The second-order valence-corrected chi connectivity index (χ2v) is 6.36. The van der Waals surface area contributed by atoms with Crippen LogP contribution < -0.4 is 5.73 Å². The van der Waals surface area contributed by atoms with Crippen LogP contribution in [0.5, 0.6) is 0 Å². The lowest BCUT2D eigenvalue weighted by Crippen LogP contribution is -2.15. The minimum atomic E-state index is 0.0360. The summed E-state index contributed by atoms with van der Waals surface area (Å²) in [5, 5.41) is 7.95. The van der Waals surface area contributed by atoms with Crippen molar-refractivity contribution in [3.8, 4) is 0 Å². The van der Waals surface area contributed by atoms with Gasteiger partial charge < -0.3 is 5.73 Å². The minimum Gasteiger partial charge on any atom is -0.323 e. The number of hydrogen-bond donors (Lipinski definition) is 1. The number of hydrogen-bond acceptors (Lipinski definition) is 3. The molecule has 1 heterocycles. The molecular weight excluding hydrogens is 316 g/mol. The van der Waals surface area contributed by atoms with E-state index in [2.05, 4.69) is 33.2 Å². The minimum absolute atomic E-state index is 0.0360. The highest BCUT2D eigenvalue weighted by molar-refractivity contribution is 9.10. The standard InChI is InChI=1S/C15H29BrN4/c1-3-4-5-6-7-8-9-10-11-12-13(17)14-15(16)18-19-20(14)2/h13H,3-12,17H2,1-2H3. The van der Waals surface area contributed by atoms with Gasteiger partial charge in [-0.25, -0.2) is 4.68 Å². The number of halogens is 1. The van der Waals surface area contributed by atoms with Crippen molar-refractivity contribution in [2.24, 2.45) is 12.8 Å². The summed E-state index contributed by atoms with van der Waals surface area (Å²) in [5.74, 6) is 0. The Morgan fingerprint density at radius 3 is 2.10 bits per heavy atom. The second-order valence-electron chi connectivity index (χ2n) is 5.61. The van der Waals surface area contributed by atoms with E-state index in [9.17, 15) is 0 Å². The summed E-state index contributed by atoms with van der Waals surface area (Å²) in [4.78, 5) is 0. The van der Waals surface area contributed by atoms with Crippen molar-refractivity contribution in [1.29, 1.82) is 0 Å². The van der Waals surface area contributed by atoms with E-state index in [1.165, 1.54) is 57.8 Å². The molecule has 0 amide bonds. The van der Waals surface area contributed by atoms with Crippen LogP contribution in [0.3, 0.4) is 0 Å².